The number of nitrogens with zero attached hydrogens (tertiary/aromatic N) is 2. The van der Waals surface area contributed by atoms with Crippen LogP contribution in [0, 0.1) is 13.8 Å². The summed E-state index contributed by atoms with van der Waals surface area (Å²) in [5.74, 6) is -0.210. The Hall–Kier alpha value is -1.84. The highest BCUT2D eigenvalue weighted by molar-refractivity contribution is 5.97. The van der Waals surface area contributed by atoms with Crippen molar-refractivity contribution in [1.82, 2.24) is 9.80 Å². The maximum absolute atomic E-state index is 12.2. The van der Waals surface area contributed by atoms with Crippen LogP contribution in [0.1, 0.15) is 21.5 Å². The predicted octanol–water partition coefficient (Wildman–Crippen LogP) is 1.46. The summed E-state index contributed by atoms with van der Waals surface area (Å²) in [5, 5.41) is 0. The molecular formula is C14H20N2O2. The Bertz CT molecular complexity index is 467. The molecule has 0 aliphatic heterocycles. The zero-order valence-electron chi connectivity index (χ0n) is 11.7. The maximum Gasteiger partial charge on any atom is 0.254 e. The molecule has 0 spiro atoms. The van der Waals surface area contributed by atoms with E-state index in [2.05, 4.69) is 0 Å². The van der Waals surface area contributed by atoms with Gasteiger partial charge in [-0.1, -0.05) is 17.7 Å². The number of likely N-dealkylation sites (N-methyl/N-ethyl adjacent to an activating group) is 2. The molecule has 98 valence electrons. The average molecular weight is 248 g/mol. The molecule has 0 saturated carbocycles. The maximum atomic E-state index is 12.2. The van der Waals surface area contributed by atoms with Crippen LogP contribution in [0.4, 0.5) is 0 Å². The molecule has 0 N–H and O–H groups in total. The summed E-state index contributed by atoms with van der Waals surface area (Å²) in [5.41, 5.74) is 2.70. The summed E-state index contributed by atoms with van der Waals surface area (Å²) in [6.07, 6.45) is 0. The number of carbonyl (C=O) groups excluding carboxylic acids is 2. The van der Waals surface area contributed by atoms with Gasteiger partial charge < -0.3 is 9.80 Å². The number of benzene rings is 1. The SMILES string of the molecule is Cc1ccc(C(=O)N(C)CC(=O)N(C)C)c(C)c1. The number of aryl methyl sites for hydroxylation is 2. The third-order valence-electron chi connectivity index (χ3n) is 2.83. The van der Waals surface area contributed by atoms with Gasteiger partial charge >= 0.3 is 0 Å². The standard InChI is InChI=1S/C14H20N2O2/c1-10-6-7-12(11(2)8-10)14(18)16(5)9-13(17)15(3)4/h6-8H,9H2,1-5H3. The fraction of sp³-hybridized carbons (Fsp3) is 0.429. The summed E-state index contributed by atoms with van der Waals surface area (Å²) in [4.78, 5) is 26.7. The zero-order chi connectivity index (χ0) is 13.9. The smallest absolute Gasteiger partial charge is 0.254 e. The molecule has 0 atom stereocenters. The van der Waals surface area contributed by atoms with Gasteiger partial charge in [0.05, 0.1) is 6.54 Å². The number of hydrogen-bond acceptors (Lipinski definition) is 2. The number of carbonyl (C=O) groups is 2. The lowest BCUT2D eigenvalue weighted by atomic mass is 10.0. The van der Waals surface area contributed by atoms with Gasteiger partial charge in [0.25, 0.3) is 5.91 Å². The van der Waals surface area contributed by atoms with Gasteiger partial charge in [-0.2, -0.15) is 0 Å². The summed E-state index contributed by atoms with van der Waals surface area (Å²) < 4.78 is 0. The molecule has 0 radical (unpaired) electrons. The van der Waals surface area contributed by atoms with Crippen molar-refractivity contribution in [1.29, 1.82) is 0 Å². The highest BCUT2D eigenvalue weighted by atomic mass is 16.2. The lowest BCUT2D eigenvalue weighted by Gasteiger charge is -2.20. The van der Waals surface area contributed by atoms with Gasteiger partial charge in [-0.25, -0.2) is 0 Å². The van der Waals surface area contributed by atoms with Crippen molar-refractivity contribution in [2.45, 2.75) is 13.8 Å². The van der Waals surface area contributed by atoms with Crippen molar-refractivity contribution in [3.8, 4) is 0 Å². The zero-order valence-corrected chi connectivity index (χ0v) is 11.7. The van der Waals surface area contributed by atoms with Crippen LogP contribution in [0.3, 0.4) is 0 Å². The number of hydrogen-bond donors (Lipinski definition) is 0. The quantitative estimate of drug-likeness (QED) is 0.812. The Morgan fingerprint density at radius 1 is 1.11 bits per heavy atom. The van der Waals surface area contributed by atoms with E-state index in [1.807, 2.05) is 32.0 Å². The first kappa shape index (κ1) is 14.2. The first-order chi connectivity index (χ1) is 8.32. The minimum Gasteiger partial charge on any atom is -0.347 e. The fourth-order valence-electron chi connectivity index (χ4n) is 1.68. The first-order valence-electron chi connectivity index (χ1n) is 5.85. The Balaban J connectivity index is 2.84. The molecule has 1 rings (SSSR count). The Morgan fingerprint density at radius 3 is 2.22 bits per heavy atom. The van der Waals surface area contributed by atoms with E-state index in [4.69, 9.17) is 0 Å². The highest BCUT2D eigenvalue weighted by Crippen LogP contribution is 2.12. The molecule has 1 aromatic rings. The largest absolute Gasteiger partial charge is 0.347 e. The molecule has 4 nitrogen and oxygen atoms in total. The Kier molecular flexibility index (Phi) is 4.48. The van der Waals surface area contributed by atoms with Gasteiger partial charge in [0.2, 0.25) is 5.91 Å². The third-order valence-corrected chi connectivity index (χ3v) is 2.83. The molecule has 18 heavy (non-hydrogen) atoms. The van der Waals surface area contributed by atoms with E-state index in [1.165, 1.54) is 9.80 Å². The minimum absolute atomic E-state index is 0.0874. The molecule has 0 aliphatic rings. The van der Waals surface area contributed by atoms with E-state index in [1.54, 1.807) is 21.1 Å². The van der Waals surface area contributed by atoms with Crippen molar-refractivity contribution in [2.75, 3.05) is 27.7 Å². The van der Waals surface area contributed by atoms with E-state index in [9.17, 15) is 9.59 Å². The summed E-state index contributed by atoms with van der Waals surface area (Å²) in [7, 11) is 5.00. The van der Waals surface area contributed by atoms with Crippen molar-refractivity contribution < 1.29 is 9.59 Å². The van der Waals surface area contributed by atoms with Crippen LogP contribution in [0.5, 0.6) is 0 Å². The van der Waals surface area contributed by atoms with Gasteiger partial charge in [0, 0.05) is 26.7 Å². The fourth-order valence-corrected chi connectivity index (χ4v) is 1.68. The Morgan fingerprint density at radius 2 is 1.72 bits per heavy atom. The van der Waals surface area contributed by atoms with E-state index >= 15 is 0 Å². The summed E-state index contributed by atoms with van der Waals surface area (Å²) in [6.45, 7) is 3.99. The van der Waals surface area contributed by atoms with E-state index < -0.39 is 0 Å². The highest BCUT2D eigenvalue weighted by Gasteiger charge is 2.17. The third kappa shape index (κ3) is 3.32. The molecule has 0 bridgehead atoms. The van der Waals surface area contributed by atoms with Crippen LogP contribution in [0.2, 0.25) is 0 Å². The van der Waals surface area contributed by atoms with Crippen LogP contribution in [0.25, 0.3) is 0 Å². The van der Waals surface area contributed by atoms with Gasteiger partial charge in [-0.3, -0.25) is 9.59 Å². The normalized spacial score (nSPS) is 10.1. The van der Waals surface area contributed by atoms with Gasteiger partial charge in [0.1, 0.15) is 0 Å². The number of amides is 2. The van der Waals surface area contributed by atoms with E-state index in [-0.39, 0.29) is 18.4 Å². The van der Waals surface area contributed by atoms with Crippen LogP contribution < -0.4 is 0 Å². The molecular weight excluding hydrogens is 228 g/mol. The second-order valence-corrected chi connectivity index (χ2v) is 4.77. The second-order valence-electron chi connectivity index (χ2n) is 4.77. The lowest BCUT2D eigenvalue weighted by molar-refractivity contribution is -0.129. The first-order valence-corrected chi connectivity index (χ1v) is 5.85. The van der Waals surface area contributed by atoms with Gasteiger partial charge in [-0.15, -0.1) is 0 Å². The number of rotatable bonds is 3. The van der Waals surface area contributed by atoms with Crippen LogP contribution >= 0.6 is 0 Å². The molecule has 0 unspecified atom stereocenters. The lowest BCUT2D eigenvalue weighted by Crippen LogP contribution is -2.38. The predicted molar refractivity (Wildman–Crippen MR) is 71.6 cm³/mol. The summed E-state index contributed by atoms with van der Waals surface area (Å²) >= 11 is 0. The average Bonchev–Trinajstić information content (AvgIpc) is 2.27. The van der Waals surface area contributed by atoms with Crippen LogP contribution in [-0.2, 0) is 4.79 Å². The monoisotopic (exact) mass is 248 g/mol. The Labute approximate surface area is 108 Å². The molecule has 2 amide bonds. The van der Waals surface area contributed by atoms with Gasteiger partial charge in [0.15, 0.2) is 0 Å². The summed E-state index contributed by atoms with van der Waals surface area (Å²) in [6, 6.07) is 5.68. The topological polar surface area (TPSA) is 40.6 Å². The van der Waals surface area contributed by atoms with Crippen molar-refractivity contribution in [3.63, 3.8) is 0 Å². The van der Waals surface area contributed by atoms with Crippen molar-refractivity contribution >= 4 is 11.8 Å². The van der Waals surface area contributed by atoms with Gasteiger partial charge in [-0.05, 0) is 25.5 Å². The molecule has 0 saturated heterocycles. The van der Waals surface area contributed by atoms with Crippen molar-refractivity contribution in [2.24, 2.45) is 0 Å². The molecule has 0 heterocycles. The van der Waals surface area contributed by atoms with Crippen molar-refractivity contribution in [3.05, 3.63) is 34.9 Å². The molecule has 1 aromatic carbocycles. The van der Waals surface area contributed by atoms with E-state index in [0.717, 1.165) is 11.1 Å². The molecule has 4 heteroatoms. The molecule has 0 aliphatic carbocycles. The second kappa shape index (κ2) is 5.67. The minimum atomic E-state index is -0.122. The van der Waals surface area contributed by atoms with Crippen LogP contribution in [0.15, 0.2) is 18.2 Å². The van der Waals surface area contributed by atoms with Crippen LogP contribution in [-0.4, -0.2) is 49.3 Å². The van der Waals surface area contributed by atoms with E-state index in [0.29, 0.717) is 5.56 Å². The molecule has 0 aromatic heterocycles. The molecule has 0 fully saturated rings.